The van der Waals surface area contributed by atoms with Crippen LogP contribution in [0.5, 0.6) is 5.75 Å². The van der Waals surface area contributed by atoms with Gasteiger partial charge in [-0.2, -0.15) is 4.31 Å². The minimum Gasteiger partial charge on any atom is -0.496 e. The fourth-order valence-corrected chi connectivity index (χ4v) is 5.04. The third-order valence-corrected chi connectivity index (χ3v) is 7.19. The monoisotopic (exact) mass is 428 g/mol. The first kappa shape index (κ1) is 20.3. The molecular weight excluding hydrogens is 407 g/mol. The van der Waals surface area contributed by atoms with Gasteiger partial charge in [0, 0.05) is 26.2 Å². The van der Waals surface area contributed by atoms with Crippen molar-refractivity contribution in [3.8, 4) is 5.75 Å². The summed E-state index contributed by atoms with van der Waals surface area (Å²) in [7, 11) is -2.21. The van der Waals surface area contributed by atoms with Gasteiger partial charge in [0.15, 0.2) is 0 Å². The Labute approximate surface area is 174 Å². The highest BCUT2D eigenvalue weighted by Gasteiger charge is 2.31. The summed E-state index contributed by atoms with van der Waals surface area (Å²) in [5, 5.41) is 1.90. The highest BCUT2D eigenvalue weighted by Crippen LogP contribution is 2.28. The fourth-order valence-electron chi connectivity index (χ4n) is 3.61. The van der Waals surface area contributed by atoms with Crippen molar-refractivity contribution in [1.29, 1.82) is 0 Å². The van der Waals surface area contributed by atoms with Crippen LogP contribution in [0.1, 0.15) is 10.4 Å². The molecule has 0 aromatic heterocycles. The van der Waals surface area contributed by atoms with Crippen molar-refractivity contribution in [2.75, 3.05) is 33.3 Å². The molecule has 0 N–H and O–H groups in total. The van der Waals surface area contributed by atoms with Gasteiger partial charge in [-0.1, -0.05) is 24.3 Å². The maximum absolute atomic E-state index is 13.1. The summed E-state index contributed by atoms with van der Waals surface area (Å²) in [5.74, 6) is -0.204. The van der Waals surface area contributed by atoms with Crippen LogP contribution in [0.15, 0.2) is 65.6 Å². The van der Waals surface area contributed by atoms with Crippen molar-refractivity contribution in [3.05, 3.63) is 72.0 Å². The molecule has 0 saturated carbocycles. The van der Waals surface area contributed by atoms with Crippen molar-refractivity contribution in [2.24, 2.45) is 0 Å². The molecule has 0 aliphatic carbocycles. The molecule has 3 aromatic rings. The van der Waals surface area contributed by atoms with Gasteiger partial charge in [-0.25, -0.2) is 12.8 Å². The van der Waals surface area contributed by atoms with Gasteiger partial charge in [0.05, 0.1) is 17.6 Å². The maximum Gasteiger partial charge on any atom is 0.257 e. The lowest BCUT2D eigenvalue weighted by Gasteiger charge is -2.34. The molecule has 1 aliphatic heterocycles. The topological polar surface area (TPSA) is 66.9 Å². The number of nitrogens with zero attached hydrogens (tertiary/aromatic N) is 2. The summed E-state index contributed by atoms with van der Waals surface area (Å²) < 4.78 is 45.4. The Kier molecular flexibility index (Phi) is 5.44. The quantitative estimate of drug-likeness (QED) is 0.640. The number of hydrogen-bond acceptors (Lipinski definition) is 4. The lowest BCUT2D eigenvalue weighted by Crippen LogP contribution is -2.50. The molecule has 0 bridgehead atoms. The first-order valence-electron chi connectivity index (χ1n) is 9.52. The summed E-state index contributed by atoms with van der Waals surface area (Å²) in [4.78, 5) is 14.8. The normalized spacial score (nSPS) is 15.3. The van der Waals surface area contributed by atoms with Crippen molar-refractivity contribution in [2.45, 2.75) is 4.90 Å². The van der Waals surface area contributed by atoms with E-state index in [1.54, 1.807) is 11.0 Å². The summed E-state index contributed by atoms with van der Waals surface area (Å²) in [6.45, 7) is 0.854. The minimum atomic E-state index is -3.73. The van der Waals surface area contributed by atoms with E-state index in [2.05, 4.69) is 0 Å². The first-order chi connectivity index (χ1) is 14.4. The summed E-state index contributed by atoms with van der Waals surface area (Å²) in [5.41, 5.74) is 0.450. The average Bonchev–Trinajstić information content (AvgIpc) is 2.78. The molecule has 0 unspecified atom stereocenters. The number of methoxy groups -OCH3 is 1. The number of amides is 1. The Morgan fingerprint density at radius 2 is 1.53 bits per heavy atom. The third kappa shape index (κ3) is 3.76. The SMILES string of the molecule is COc1cc2ccccc2cc1C(=O)N1CCN(S(=O)(=O)c2ccc(F)cc2)CC1. The molecule has 0 spiro atoms. The molecule has 1 fully saturated rings. The molecule has 6 nitrogen and oxygen atoms in total. The molecule has 0 radical (unpaired) electrons. The molecule has 1 heterocycles. The van der Waals surface area contributed by atoms with E-state index < -0.39 is 15.8 Å². The zero-order valence-corrected chi connectivity index (χ0v) is 17.2. The second-order valence-corrected chi connectivity index (χ2v) is 8.99. The van der Waals surface area contributed by atoms with E-state index in [0.717, 1.165) is 22.9 Å². The Hall–Kier alpha value is -2.97. The highest BCUT2D eigenvalue weighted by molar-refractivity contribution is 7.89. The molecule has 30 heavy (non-hydrogen) atoms. The van der Waals surface area contributed by atoms with Crippen LogP contribution in [0, 0.1) is 5.82 Å². The van der Waals surface area contributed by atoms with Gasteiger partial charge < -0.3 is 9.64 Å². The predicted octanol–water partition coefficient (Wildman–Crippen LogP) is 3.13. The van der Waals surface area contributed by atoms with Gasteiger partial charge in [-0.3, -0.25) is 4.79 Å². The van der Waals surface area contributed by atoms with Crippen molar-refractivity contribution in [1.82, 2.24) is 9.21 Å². The van der Waals surface area contributed by atoms with E-state index in [9.17, 15) is 17.6 Å². The summed E-state index contributed by atoms with van der Waals surface area (Å²) in [6.07, 6.45) is 0. The number of piperazine rings is 1. The van der Waals surface area contributed by atoms with Crippen molar-refractivity contribution >= 4 is 26.7 Å². The van der Waals surface area contributed by atoms with E-state index in [-0.39, 0.29) is 37.0 Å². The van der Waals surface area contributed by atoms with Crippen LogP contribution in [-0.2, 0) is 10.0 Å². The lowest BCUT2D eigenvalue weighted by atomic mass is 10.0. The van der Waals surface area contributed by atoms with Crippen LogP contribution in [0.4, 0.5) is 4.39 Å². The molecule has 1 amide bonds. The van der Waals surface area contributed by atoms with E-state index in [4.69, 9.17) is 4.74 Å². The van der Waals surface area contributed by atoms with Gasteiger partial charge in [0.1, 0.15) is 11.6 Å². The number of fused-ring (bicyclic) bond motifs is 1. The maximum atomic E-state index is 13.1. The van der Waals surface area contributed by atoms with E-state index >= 15 is 0 Å². The van der Waals surface area contributed by atoms with Gasteiger partial charge in [0.25, 0.3) is 5.91 Å². The molecule has 156 valence electrons. The van der Waals surface area contributed by atoms with E-state index in [1.165, 1.54) is 23.5 Å². The van der Waals surface area contributed by atoms with Crippen molar-refractivity contribution < 1.29 is 22.3 Å². The van der Waals surface area contributed by atoms with Crippen LogP contribution in [-0.4, -0.2) is 56.8 Å². The zero-order valence-electron chi connectivity index (χ0n) is 16.4. The highest BCUT2D eigenvalue weighted by atomic mass is 32.2. The van der Waals surface area contributed by atoms with Crippen molar-refractivity contribution in [3.63, 3.8) is 0 Å². The van der Waals surface area contributed by atoms with Crippen LogP contribution in [0.2, 0.25) is 0 Å². The summed E-state index contributed by atoms with van der Waals surface area (Å²) in [6, 6.07) is 16.1. The van der Waals surface area contributed by atoms with Gasteiger partial charge in [0.2, 0.25) is 10.0 Å². The number of hydrogen-bond donors (Lipinski definition) is 0. The molecule has 1 saturated heterocycles. The number of ether oxygens (including phenoxy) is 1. The number of benzene rings is 3. The Morgan fingerprint density at radius 3 is 2.13 bits per heavy atom. The third-order valence-electron chi connectivity index (χ3n) is 5.28. The van der Waals surface area contributed by atoms with Gasteiger partial charge in [-0.15, -0.1) is 0 Å². The fraction of sp³-hybridized carbons (Fsp3) is 0.227. The largest absolute Gasteiger partial charge is 0.496 e. The van der Waals surface area contributed by atoms with Gasteiger partial charge >= 0.3 is 0 Å². The number of rotatable bonds is 4. The zero-order chi connectivity index (χ0) is 21.3. The van der Waals surface area contributed by atoms with E-state index in [1.807, 2.05) is 30.3 Å². The Morgan fingerprint density at radius 1 is 0.933 bits per heavy atom. The molecule has 1 aliphatic rings. The molecule has 3 aromatic carbocycles. The number of halogens is 1. The van der Waals surface area contributed by atoms with Gasteiger partial charge in [-0.05, 0) is 47.2 Å². The lowest BCUT2D eigenvalue weighted by molar-refractivity contribution is 0.0694. The second-order valence-electron chi connectivity index (χ2n) is 7.05. The first-order valence-corrected chi connectivity index (χ1v) is 11.0. The number of sulfonamides is 1. The molecule has 4 rings (SSSR count). The van der Waals surface area contributed by atoms with Crippen LogP contribution >= 0.6 is 0 Å². The molecule has 0 atom stereocenters. The predicted molar refractivity (Wildman–Crippen MR) is 112 cm³/mol. The minimum absolute atomic E-state index is 0.0416. The number of carbonyl (C=O) groups excluding carboxylic acids is 1. The molecular formula is C22H21FN2O4S. The molecule has 8 heteroatoms. The van der Waals surface area contributed by atoms with Crippen LogP contribution in [0.3, 0.4) is 0 Å². The Balaban J connectivity index is 1.52. The Bertz CT molecular complexity index is 1190. The smallest absolute Gasteiger partial charge is 0.257 e. The summed E-state index contributed by atoms with van der Waals surface area (Å²) >= 11 is 0. The van der Waals surface area contributed by atoms with E-state index in [0.29, 0.717) is 11.3 Å². The average molecular weight is 428 g/mol. The second kappa shape index (κ2) is 8.04. The standard InChI is InChI=1S/C22H21FN2O4S/c1-29-21-15-17-5-3-2-4-16(17)14-20(21)22(26)24-10-12-25(13-11-24)30(27,28)19-8-6-18(23)7-9-19/h2-9,14-15H,10-13H2,1H3. The van der Waals surface area contributed by atoms with Crippen LogP contribution < -0.4 is 4.74 Å². The van der Waals surface area contributed by atoms with Crippen LogP contribution in [0.25, 0.3) is 10.8 Å². The number of carbonyl (C=O) groups is 1.